The molecule has 0 saturated heterocycles. The largest absolute Gasteiger partial charge is 0.494 e. The molecule has 0 aliphatic carbocycles. The first kappa shape index (κ1) is 19.5. The number of nitrogens with zero attached hydrogens (tertiary/aromatic N) is 3. The molecule has 0 bridgehead atoms. The minimum Gasteiger partial charge on any atom is -0.494 e. The van der Waals surface area contributed by atoms with Gasteiger partial charge in [-0.15, -0.1) is 0 Å². The summed E-state index contributed by atoms with van der Waals surface area (Å²) in [6.07, 6.45) is 1.69. The highest BCUT2D eigenvalue weighted by atomic mass is 35.5. The molecule has 0 atom stereocenters. The number of hydrogen-bond donors (Lipinski definition) is 1. The lowest BCUT2D eigenvalue weighted by Gasteiger charge is -2.12. The van der Waals surface area contributed by atoms with Gasteiger partial charge < -0.3 is 9.67 Å². The molecule has 1 aliphatic heterocycles. The summed E-state index contributed by atoms with van der Waals surface area (Å²) < 4.78 is 1.69. The van der Waals surface area contributed by atoms with E-state index in [0.29, 0.717) is 44.7 Å². The fourth-order valence-corrected chi connectivity index (χ4v) is 4.04. The van der Waals surface area contributed by atoms with E-state index in [1.165, 1.54) is 0 Å². The average Bonchev–Trinajstić information content (AvgIpc) is 3.26. The Bertz CT molecular complexity index is 1330. The van der Waals surface area contributed by atoms with Crippen LogP contribution in [0, 0.1) is 0 Å². The van der Waals surface area contributed by atoms with Crippen molar-refractivity contribution >= 4 is 34.8 Å². The van der Waals surface area contributed by atoms with Crippen LogP contribution in [0.15, 0.2) is 77.9 Å². The van der Waals surface area contributed by atoms with Crippen molar-refractivity contribution in [3.05, 3.63) is 105 Å². The molecule has 4 aromatic rings. The summed E-state index contributed by atoms with van der Waals surface area (Å²) in [4.78, 5) is 21.6. The Morgan fingerprint density at radius 3 is 2.10 bits per heavy atom. The summed E-state index contributed by atoms with van der Waals surface area (Å²) in [5.41, 5.74) is 3.96. The van der Waals surface area contributed by atoms with Crippen LogP contribution in [0.2, 0.25) is 10.0 Å². The molecule has 152 valence electrons. The number of aromatic hydroxyl groups is 1. The Kier molecular flexibility index (Phi) is 4.85. The maximum Gasteiger partial charge on any atom is 0.280 e. The maximum absolute atomic E-state index is 13.0. The lowest BCUT2D eigenvalue weighted by atomic mass is 10.0. The van der Waals surface area contributed by atoms with Crippen LogP contribution >= 0.6 is 23.2 Å². The molecule has 5 nitrogen and oxygen atoms in total. The highest BCUT2D eigenvalue weighted by Gasteiger charge is 2.36. The third-order valence-electron chi connectivity index (χ3n) is 5.18. The Morgan fingerprint density at radius 2 is 1.48 bits per heavy atom. The lowest BCUT2D eigenvalue weighted by Crippen LogP contribution is -2.06. The number of rotatable bonds is 4. The summed E-state index contributed by atoms with van der Waals surface area (Å²) in [5.74, 6) is -0.440. The predicted molar refractivity (Wildman–Crippen MR) is 121 cm³/mol. The molecule has 0 saturated carbocycles. The Morgan fingerprint density at radius 1 is 0.839 bits per heavy atom. The van der Waals surface area contributed by atoms with Crippen molar-refractivity contribution in [1.82, 2.24) is 9.55 Å². The number of hydrogen-bond acceptors (Lipinski definition) is 3. The Labute approximate surface area is 188 Å². The highest BCUT2D eigenvalue weighted by Crippen LogP contribution is 2.41. The maximum atomic E-state index is 13.0. The van der Waals surface area contributed by atoms with Crippen molar-refractivity contribution < 1.29 is 9.90 Å². The number of benzene rings is 2. The molecule has 1 aliphatic rings. The summed E-state index contributed by atoms with van der Waals surface area (Å²) in [7, 11) is 0. The molecule has 3 heterocycles. The van der Waals surface area contributed by atoms with Gasteiger partial charge in [0.2, 0.25) is 5.88 Å². The minimum atomic E-state index is -0.403. The molecule has 1 amide bonds. The number of pyridine rings is 1. The summed E-state index contributed by atoms with van der Waals surface area (Å²) >= 11 is 12.1. The fraction of sp³-hybridized carbons (Fsp3) is 0.0417. The average molecular weight is 448 g/mol. The van der Waals surface area contributed by atoms with Gasteiger partial charge in [-0.1, -0.05) is 53.5 Å². The van der Waals surface area contributed by atoms with Gasteiger partial charge in [-0.3, -0.25) is 9.78 Å². The van der Waals surface area contributed by atoms with Crippen LogP contribution in [-0.4, -0.2) is 26.3 Å². The highest BCUT2D eigenvalue weighted by molar-refractivity contribution is 6.32. The molecular formula is C24H15Cl2N3O2. The fourth-order valence-electron chi connectivity index (χ4n) is 3.78. The van der Waals surface area contributed by atoms with Crippen molar-refractivity contribution in [3.8, 4) is 17.1 Å². The minimum absolute atomic E-state index is 0.0369. The van der Waals surface area contributed by atoms with Crippen molar-refractivity contribution in [1.29, 1.82) is 0 Å². The Balaban J connectivity index is 1.73. The number of halogens is 2. The topological polar surface area (TPSA) is 67.5 Å². The zero-order valence-corrected chi connectivity index (χ0v) is 17.6. The molecule has 0 spiro atoms. The van der Waals surface area contributed by atoms with Crippen molar-refractivity contribution in [2.75, 3.05) is 0 Å². The first-order valence-electron chi connectivity index (χ1n) is 9.53. The van der Waals surface area contributed by atoms with E-state index in [4.69, 9.17) is 23.2 Å². The van der Waals surface area contributed by atoms with Crippen molar-refractivity contribution in [3.63, 3.8) is 0 Å². The van der Waals surface area contributed by atoms with E-state index in [0.717, 1.165) is 11.3 Å². The third-order valence-corrected chi connectivity index (χ3v) is 5.69. The van der Waals surface area contributed by atoms with Gasteiger partial charge >= 0.3 is 0 Å². The molecule has 1 N–H and O–H groups in total. The number of carbonyl (C=O) groups is 1. The van der Waals surface area contributed by atoms with Gasteiger partial charge in [-0.2, -0.15) is 0 Å². The first-order valence-corrected chi connectivity index (χ1v) is 10.3. The van der Waals surface area contributed by atoms with Crippen molar-refractivity contribution in [2.45, 2.75) is 6.54 Å². The molecule has 0 radical (unpaired) electrons. The van der Waals surface area contributed by atoms with Crippen LogP contribution in [-0.2, 0) is 6.54 Å². The number of fused-ring (bicyclic) bond motifs is 1. The van der Waals surface area contributed by atoms with Crippen LogP contribution in [0.25, 0.3) is 11.3 Å². The van der Waals surface area contributed by atoms with Crippen LogP contribution in [0.5, 0.6) is 5.88 Å². The summed E-state index contributed by atoms with van der Waals surface area (Å²) in [6, 6.07) is 19.7. The quantitative estimate of drug-likeness (QED) is 0.442. The smallest absolute Gasteiger partial charge is 0.280 e. The van der Waals surface area contributed by atoms with Gasteiger partial charge in [0.15, 0.2) is 0 Å². The van der Waals surface area contributed by atoms with E-state index >= 15 is 0 Å². The lowest BCUT2D eigenvalue weighted by molar-refractivity contribution is 0.101. The molecule has 2 aromatic heterocycles. The number of aliphatic imine (C=N–C) groups is 1. The van der Waals surface area contributed by atoms with Gasteiger partial charge in [0.05, 0.1) is 34.8 Å². The van der Waals surface area contributed by atoms with E-state index in [9.17, 15) is 9.90 Å². The van der Waals surface area contributed by atoms with Crippen LogP contribution in [0.4, 0.5) is 0 Å². The summed E-state index contributed by atoms with van der Waals surface area (Å²) in [6.45, 7) is 0.290. The van der Waals surface area contributed by atoms with Crippen LogP contribution in [0.3, 0.4) is 0 Å². The first-order chi connectivity index (χ1) is 15.0. The molecule has 2 aromatic carbocycles. The number of carbonyl (C=O) groups excluding carboxylic acids is 1. The van der Waals surface area contributed by atoms with Gasteiger partial charge in [-0.25, -0.2) is 4.99 Å². The van der Waals surface area contributed by atoms with Crippen molar-refractivity contribution in [2.24, 2.45) is 4.99 Å². The molecule has 0 fully saturated rings. The number of aromatic nitrogens is 2. The van der Waals surface area contributed by atoms with Gasteiger partial charge in [0, 0.05) is 21.8 Å². The molecule has 7 heteroatoms. The van der Waals surface area contributed by atoms with Gasteiger partial charge in [0.25, 0.3) is 5.91 Å². The van der Waals surface area contributed by atoms with E-state index in [1.54, 1.807) is 47.2 Å². The standard InChI is InChI=1S/C24H15Cl2N3O2/c25-16-8-4-14(5-9-16)21-19-20(23(30)28-21)22(15-6-10-17(26)11-7-15)29(24(19)31)13-18-3-1-2-12-27-18/h1-12,31H,13H2. The normalized spacial score (nSPS) is 12.7. The predicted octanol–water partition coefficient (Wildman–Crippen LogP) is 5.60. The molecule has 5 rings (SSSR count). The Hall–Kier alpha value is -3.41. The monoisotopic (exact) mass is 447 g/mol. The van der Waals surface area contributed by atoms with E-state index in [-0.39, 0.29) is 5.88 Å². The van der Waals surface area contributed by atoms with Gasteiger partial charge in [0.1, 0.15) is 0 Å². The summed E-state index contributed by atoms with van der Waals surface area (Å²) in [5, 5.41) is 12.4. The van der Waals surface area contributed by atoms with Gasteiger partial charge in [-0.05, 0) is 42.0 Å². The second-order valence-corrected chi connectivity index (χ2v) is 7.98. The van der Waals surface area contributed by atoms with E-state index in [2.05, 4.69) is 9.98 Å². The second-order valence-electron chi connectivity index (χ2n) is 7.11. The van der Waals surface area contributed by atoms with Crippen LogP contribution < -0.4 is 0 Å². The van der Waals surface area contributed by atoms with Crippen LogP contribution in [0.1, 0.15) is 27.2 Å². The number of amides is 1. The third kappa shape index (κ3) is 3.42. The zero-order valence-electron chi connectivity index (χ0n) is 16.1. The van der Waals surface area contributed by atoms with E-state index in [1.807, 2.05) is 30.3 Å². The molecule has 31 heavy (non-hydrogen) atoms. The molecular weight excluding hydrogens is 433 g/mol. The zero-order chi connectivity index (χ0) is 21.5. The second kappa shape index (κ2) is 7.69. The molecule has 0 unspecified atom stereocenters. The van der Waals surface area contributed by atoms with E-state index < -0.39 is 5.91 Å². The SMILES string of the molecule is O=C1N=C(c2ccc(Cl)cc2)c2c1c(-c1ccc(Cl)cc1)n(Cc1ccccn1)c2O.